The van der Waals surface area contributed by atoms with Crippen LogP contribution in [-0.2, 0) is 4.79 Å². The zero-order chi connectivity index (χ0) is 19.9. The van der Waals surface area contributed by atoms with E-state index in [2.05, 4.69) is 0 Å². The van der Waals surface area contributed by atoms with Gasteiger partial charge >= 0.3 is 35.8 Å². The number of carboxylic acid groups (broad SMARTS) is 1. The Balaban J connectivity index is 6.12. The van der Waals surface area contributed by atoms with Gasteiger partial charge in [-0.2, -0.15) is 57.1 Å². The van der Waals surface area contributed by atoms with Crippen LogP contribution in [0.2, 0.25) is 0 Å². The Morgan fingerprint density at radius 3 is 1.33 bits per heavy atom. The molecule has 0 saturated carbocycles. The second-order valence-corrected chi connectivity index (χ2v) is 4.15. The van der Waals surface area contributed by atoms with Gasteiger partial charge in [-0.3, -0.25) is 0 Å². The fraction of sp³-hybridized carbons (Fsp3) is 0.667. The van der Waals surface area contributed by atoms with Crippen molar-refractivity contribution in [2.45, 2.75) is 36.3 Å². The van der Waals surface area contributed by atoms with Crippen LogP contribution in [0, 0.1) is 0 Å². The molecule has 24 heavy (non-hydrogen) atoms. The summed E-state index contributed by atoms with van der Waals surface area (Å²) in [4.78, 5) is 10.1. The third kappa shape index (κ3) is 3.38. The van der Waals surface area contributed by atoms with E-state index in [4.69, 9.17) is 5.11 Å². The van der Waals surface area contributed by atoms with Crippen molar-refractivity contribution in [2.24, 2.45) is 0 Å². The third-order valence-corrected chi connectivity index (χ3v) is 2.49. The Labute approximate surface area is 122 Å². The summed E-state index contributed by atoms with van der Waals surface area (Å²) in [6, 6.07) is 0. The first-order valence-electron chi connectivity index (χ1n) is 5.09. The Kier molecular flexibility index (Phi) is 5.56. The fourth-order valence-electron chi connectivity index (χ4n) is 1.16. The lowest BCUT2D eigenvalue weighted by molar-refractivity contribution is -0.421. The SMILES string of the molecule is O=C(O)C(CC(F)(F)C(F)(F)C(F)(F)C(F)(F)C(F)(F)F)=C(F)F. The van der Waals surface area contributed by atoms with Gasteiger partial charge in [0.25, 0.3) is 6.08 Å². The summed E-state index contributed by atoms with van der Waals surface area (Å²) in [6.45, 7) is 0. The molecule has 15 heteroatoms. The normalized spacial score (nSPS) is 14.5. The summed E-state index contributed by atoms with van der Waals surface area (Å²) in [5.41, 5.74) is -2.87. The second-order valence-electron chi connectivity index (χ2n) is 4.15. The lowest BCUT2D eigenvalue weighted by atomic mass is 9.94. The quantitative estimate of drug-likeness (QED) is 0.527. The molecule has 0 rings (SSSR count). The van der Waals surface area contributed by atoms with Crippen LogP contribution in [-0.4, -0.2) is 40.9 Å². The van der Waals surface area contributed by atoms with Gasteiger partial charge in [-0.1, -0.05) is 0 Å². The van der Waals surface area contributed by atoms with E-state index in [1.807, 2.05) is 0 Å². The largest absolute Gasteiger partial charge is 0.478 e. The second kappa shape index (κ2) is 5.98. The molecule has 0 radical (unpaired) electrons. The Hall–Kier alpha value is -1.70. The van der Waals surface area contributed by atoms with Gasteiger partial charge in [0.05, 0.1) is 6.42 Å². The van der Waals surface area contributed by atoms with Crippen LogP contribution < -0.4 is 0 Å². The van der Waals surface area contributed by atoms with Gasteiger partial charge in [-0.25, -0.2) is 4.79 Å². The molecule has 0 unspecified atom stereocenters. The number of carboxylic acids is 1. The van der Waals surface area contributed by atoms with Gasteiger partial charge in [0.1, 0.15) is 5.57 Å². The molecule has 0 atom stereocenters. The number of aliphatic carboxylic acids is 1. The highest BCUT2D eigenvalue weighted by atomic mass is 19.4. The molecule has 0 aromatic carbocycles. The van der Waals surface area contributed by atoms with Gasteiger partial charge in [0, 0.05) is 0 Å². The summed E-state index contributed by atoms with van der Waals surface area (Å²) in [7, 11) is 0. The smallest absolute Gasteiger partial charge is 0.460 e. The van der Waals surface area contributed by atoms with Crippen LogP contribution >= 0.6 is 0 Å². The van der Waals surface area contributed by atoms with E-state index < -0.39 is 53.9 Å². The van der Waals surface area contributed by atoms with Crippen molar-refractivity contribution in [1.29, 1.82) is 0 Å². The maximum Gasteiger partial charge on any atom is 0.460 e. The molecule has 0 spiro atoms. The van der Waals surface area contributed by atoms with E-state index in [0.717, 1.165) is 0 Å². The Morgan fingerprint density at radius 2 is 1.08 bits per heavy atom. The van der Waals surface area contributed by atoms with Gasteiger partial charge in [-0.15, -0.1) is 0 Å². The van der Waals surface area contributed by atoms with Crippen molar-refractivity contribution < 1.29 is 67.0 Å². The molecule has 0 heterocycles. The van der Waals surface area contributed by atoms with Crippen molar-refractivity contribution in [3.8, 4) is 0 Å². The van der Waals surface area contributed by atoms with Crippen molar-refractivity contribution in [1.82, 2.24) is 0 Å². The maximum absolute atomic E-state index is 13.0. The van der Waals surface area contributed by atoms with Gasteiger partial charge in [0.15, 0.2) is 0 Å². The predicted octanol–water partition coefficient (Wildman–Crippen LogP) is 4.72. The molecule has 0 saturated heterocycles. The van der Waals surface area contributed by atoms with E-state index in [-0.39, 0.29) is 0 Å². The van der Waals surface area contributed by atoms with Crippen LogP contribution in [0.15, 0.2) is 11.7 Å². The molecule has 0 aliphatic carbocycles. The highest BCUT2D eigenvalue weighted by Crippen LogP contribution is 2.58. The topological polar surface area (TPSA) is 37.3 Å². The molecule has 0 aliphatic rings. The van der Waals surface area contributed by atoms with Gasteiger partial charge in [0.2, 0.25) is 0 Å². The minimum atomic E-state index is -7.78. The average molecular weight is 390 g/mol. The summed E-state index contributed by atoms with van der Waals surface area (Å²) in [5.74, 6) is -32.7. The first-order valence-corrected chi connectivity index (χ1v) is 5.09. The molecule has 142 valence electrons. The molecule has 0 fully saturated rings. The third-order valence-electron chi connectivity index (χ3n) is 2.49. The van der Waals surface area contributed by atoms with Crippen molar-refractivity contribution in [3.05, 3.63) is 11.7 Å². The number of carbonyl (C=O) groups is 1. The van der Waals surface area contributed by atoms with E-state index in [9.17, 15) is 61.9 Å². The van der Waals surface area contributed by atoms with Crippen molar-refractivity contribution in [2.75, 3.05) is 0 Å². The van der Waals surface area contributed by atoms with Crippen molar-refractivity contribution >= 4 is 5.97 Å². The number of halogens is 13. The number of rotatable bonds is 6. The Bertz CT molecular complexity index is 526. The summed E-state index contributed by atoms with van der Waals surface area (Å²) < 4.78 is 162. The molecular weight excluding hydrogens is 387 g/mol. The summed E-state index contributed by atoms with van der Waals surface area (Å²) in [6.07, 6.45) is -14.4. The molecule has 0 amide bonds. The first kappa shape index (κ1) is 22.3. The zero-order valence-electron chi connectivity index (χ0n) is 10.5. The van der Waals surface area contributed by atoms with Crippen LogP contribution in [0.4, 0.5) is 57.1 Å². The predicted molar refractivity (Wildman–Crippen MR) is 47.3 cm³/mol. The molecule has 2 nitrogen and oxygen atoms in total. The molecule has 1 N–H and O–H groups in total. The first-order chi connectivity index (χ1) is 10.2. The zero-order valence-corrected chi connectivity index (χ0v) is 10.5. The monoisotopic (exact) mass is 390 g/mol. The minimum Gasteiger partial charge on any atom is -0.478 e. The lowest BCUT2D eigenvalue weighted by Crippen LogP contribution is -2.66. The average Bonchev–Trinajstić information content (AvgIpc) is 2.33. The van der Waals surface area contributed by atoms with E-state index in [1.165, 1.54) is 0 Å². The van der Waals surface area contributed by atoms with Gasteiger partial charge < -0.3 is 5.11 Å². The number of hydrogen-bond donors (Lipinski definition) is 1. The standard InChI is InChI=1S/C9H3F13O2/c10-3(11)2(4(23)24)1-5(12,13)6(14,15)7(16,17)8(18,19)9(20,21)22/h1H2,(H,23,24). The number of alkyl halides is 11. The van der Waals surface area contributed by atoms with Crippen LogP contribution in [0.1, 0.15) is 6.42 Å². The molecule has 0 aromatic rings. The fourth-order valence-corrected chi connectivity index (χ4v) is 1.16. The molecular formula is C9H3F13O2. The summed E-state index contributed by atoms with van der Waals surface area (Å²) >= 11 is 0. The maximum atomic E-state index is 13.0. The molecule has 0 aliphatic heterocycles. The van der Waals surface area contributed by atoms with Crippen molar-refractivity contribution in [3.63, 3.8) is 0 Å². The Morgan fingerprint density at radius 1 is 0.708 bits per heavy atom. The van der Waals surface area contributed by atoms with Crippen LogP contribution in [0.25, 0.3) is 0 Å². The minimum absolute atomic E-state index is 2.87. The highest BCUT2D eigenvalue weighted by Gasteiger charge is 2.87. The number of hydrogen-bond acceptors (Lipinski definition) is 1. The summed E-state index contributed by atoms with van der Waals surface area (Å²) in [5, 5.41) is 8.03. The van der Waals surface area contributed by atoms with Crippen LogP contribution in [0.5, 0.6) is 0 Å². The van der Waals surface area contributed by atoms with Gasteiger partial charge in [-0.05, 0) is 0 Å². The van der Waals surface area contributed by atoms with E-state index in [1.54, 1.807) is 0 Å². The van der Waals surface area contributed by atoms with Crippen LogP contribution in [0.3, 0.4) is 0 Å². The highest BCUT2D eigenvalue weighted by molar-refractivity contribution is 5.86. The molecule has 0 aromatic heterocycles. The van der Waals surface area contributed by atoms with E-state index >= 15 is 0 Å². The molecule has 0 bridgehead atoms. The lowest BCUT2D eigenvalue weighted by Gasteiger charge is -2.37. The van der Waals surface area contributed by atoms with E-state index in [0.29, 0.717) is 0 Å².